The van der Waals surface area contributed by atoms with E-state index in [2.05, 4.69) is 26.1 Å². The van der Waals surface area contributed by atoms with E-state index in [0.29, 0.717) is 17.5 Å². The minimum atomic E-state index is 0.242. The lowest BCUT2D eigenvalue weighted by Crippen LogP contribution is -1.92. The molecule has 0 atom stereocenters. The Bertz CT molecular complexity index is 816. The number of nitrogens with zero attached hydrogens (tertiary/aromatic N) is 2. The molecule has 0 saturated heterocycles. The lowest BCUT2D eigenvalue weighted by atomic mass is 10.2. The molecule has 0 aliphatic carbocycles. The molecule has 0 unspecified atom stereocenters. The SMILES string of the molecule is Brc1cccc(-c2nnc(-c3ccc4c(c3)OCO4)o2)c1. The van der Waals surface area contributed by atoms with Gasteiger partial charge >= 0.3 is 0 Å². The van der Waals surface area contributed by atoms with Gasteiger partial charge in [-0.05, 0) is 36.4 Å². The first-order valence-electron chi connectivity index (χ1n) is 6.29. The fourth-order valence-corrected chi connectivity index (χ4v) is 2.51. The largest absolute Gasteiger partial charge is 0.454 e. The van der Waals surface area contributed by atoms with E-state index in [0.717, 1.165) is 21.3 Å². The van der Waals surface area contributed by atoms with Crippen molar-refractivity contribution in [1.29, 1.82) is 0 Å². The third-order valence-electron chi connectivity index (χ3n) is 3.12. The van der Waals surface area contributed by atoms with Gasteiger partial charge in [0.15, 0.2) is 11.5 Å². The van der Waals surface area contributed by atoms with Crippen molar-refractivity contribution >= 4 is 15.9 Å². The molecule has 2 heterocycles. The standard InChI is InChI=1S/C15H9BrN2O3/c16-11-3-1-2-9(6-11)14-17-18-15(21-14)10-4-5-12-13(7-10)20-8-19-12/h1-7H,8H2. The lowest BCUT2D eigenvalue weighted by Gasteiger charge is -1.98. The van der Waals surface area contributed by atoms with Crippen molar-refractivity contribution in [2.75, 3.05) is 6.79 Å². The van der Waals surface area contributed by atoms with E-state index in [4.69, 9.17) is 13.9 Å². The topological polar surface area (TPSA) is 57.4 Å². The highest BCUT2D eigenvalue weighted by Crippen LogP contribution is 2.36. The zero-order chi connectivity index (χ0) is 14.2. The van der Waals surface area contributed by atoms with E-state index in [1.165, 1.54) is 0 Å². The predicted molar refractivity (Wildman–Crippen MR) is 79.0 cm³/mol. The van der Waals surface area contributed by atoms with Crippen LogP contribution in [0.4, 0.5) is 0 Å². The second-order valence-electron chi connectivity index (χ2n) is 4.49. The highest BCUT2D eigenvalue weighted by molar-refractivity contribution is 9.10. The summed E-state index contributed by atoms with van der Waals surface area (Å²) in [5.41, 5.74) is 1.66. The molecule has 4 rings (SSSR count). The molecular formula is C15H9BrN2O3. The Morgan fingerprint density at radius 2 is 1.62 bits per heavy atom. The Morgan fingerprint density at radius 3 is 2.43 bits per heavy atom. The summed E-state index contributed by atoms with van der Waals surface area (Å²) < 4.78 is 17.3. The second kappa shape index (κ2) is 4.89. The predicted octanol–water partition coefficient (Wildman–Crippen LogP) is 3.89. The van der Waals surface area contributed by atoms with Gasteiger partial charge in [0.1, 0.15) is 0 Å². The second-order valence-corrected chi connectivity index (χ2v) is 5.41. The van der Waals surface area contributed by atoms with Gasteiger partial charge in [-0.25, -0.2) is 0 Å². The van der Waals surface area contributed by atoms with E-state index in [-0.39, 0.29) is 6.79 Å². The van der Waals surface area contributed by atoms with Crippen molar-refractivity contribution in [3.05, 3.63) is 46.9 Å². The molecule has 0 bridgehead atoms. The zero-order valence-corrected chi connectivity index (χ0v) is 12.3. The number of halogens is 1. The molecule has 3 aromatic rings. The zero-order valence-electron chi connectivity index (χ0n) is 10.7. The van der Waals surface area contributed by atoms with Gasteiger partial charge in [0, 0.05) is 15.6 Å². The van der Waals surface area contributed by atoms with Crippen LogP contribution in [-0.2, 0) is 0 Å². The molecule has 0 N–H and O–H groups in total. The van der Waals surface area contributed by atoms with E-state index in [9.17, 15) is 0 Å². The fourth-order valence-electron chi connectivity index (χ4n) is 2.11. The Labute approximate surface area is 128 Å². The van der Waals surface area contributed by atoms with Crippen LogP contribution in [0.25, 0.3) is 22.9 Å². The third kappa shape index (κ3) is 2.27. The molecular weight excluding hydrogens is 336 g/mol. The van der Waals surface area contributed by atoms with Crippen LogP contribution < -0.4 is 9.47 Å². The summed E-state index contributed by atoms with van der Waals surface area (Å²) in [5, 5.41) is 8.18. The van der Waals surface area contributed by atoms with Gasteiger partial charge in [0.05, 0.1) is 0 Å². The van der Waals surface area contributed by atoms with Crippen LogP contribution in [0.1, 0.15) is 0 Å². The summed E-state index contributed by atoms with van der Waals surface area (Å²) in [7, 11) is 0. The summed E-state index contributed by atoms with van der Waals surface area (Å²) in [4.78, 5) is 0. The molecule has 0 spiro atoms. The van der Waals surface area contributed by atoms with Crippen molar-refractivity contribution in [2.24, 2.45) is 0 Å². The highest BCUT2D eigenvalue weighted by atomic mass is 79.9. The van der Waals surface area contributed by atoms with Gasteiger partial charge in [-0.1, -0.05) is 22.0 Å². The average molecular weight is 345 g/mol. The third-order valence-corrected chi connectivity index (χ3v) is 3.61. The van der Waals surface area contributed by atoms with Crippen LogP contribution in [-0.4, -0.2) is 17.0 Å². The lowest BCUT2D eigenvalue weighted by molar-refractivity contribution is 0.174. The maximum Gasteiger partial charge on any atom is 0.248 e. The van der Waals surface area contributed by atoms with Crippen molar-refractivity contribution in [3.8, 4) is 34.4 Å². The normalized spacial score (nSPS) is 12.6. The smallest absolute Gasteiger partial charge is 0.248 e. The molecule has 21 heavy (non-hydrogen) atoms. The Hall–Kier alpha value is -2.34. The molecule has 1 aliphatic rings. The Balaban J connectivity index is 1.71. The van der Waals surface area contributed by atoms with Crippen molar-refractivity contribution in [1.82, 2.24) is 10.2 Å². The average Bonchev–Trinajstić information content (AvgIpc) is 3.15. The van der Waals surface area contributed by atoms with Crippen LogP contribution in [0.15, 0.2) is 51.4 Å². The van der Waals surface area contributed by atoms with Gasteiger partial charge in [-0.2, -0.15) is 0 Å². The summed E-state index contributed by atoms with van der Waals surface area (Å²) >= 11 is 3.42. The first-order chi connectivity index (χ1) is 10.3. The quantitative estimate of drug-likeness (QED) is 0.705. The molecule has 0 saturated carbocycles. The summed E-state index contributed by atoms with van der Waals surface area (Å²) in [6, 6.07) is 13.2. The molecule has 5 nitrogen and oxygen atoms in total. The molecule has 6 heteroatoms. The maximum atomic E-state index is 5.73. The number of rotatable bonds is 2. The highest BCUT2D eigenvalue weighted by Gasteiger charge is 2.17. The number of fused-ring (bicyclic) bond motifs is 1. The summed E-state index contributed by atoms with van der Waals surface area (Å²) in [6.07, 6.45) is 0. The van der Waals surface area contributed by atoms with Crippen LogP contribution in [0.2, 0.25) is 0 Å². The number of ether oxygens (including phenoxy) is 2. The monoisotopic (exact) mass is 344 g/mol. The van der Waals surface area contributed by atoms with Crippen LogP contribution in [0, 0.1) is 0 Å². The summed E-state index contributed by atoms with van der Waals surface area (Å²) in [5.74, 6) is 2.34. The molecule has 1 aliphatic heterocycles. The maximum absolute atomic E-state index is 5.73. The fraction of sp³-hybridized carbons (Fsp3) is 0.0667. The molecule has 2 aromatic carbocycles. The first kappa shape index (κ1) is 12.4. The molecule has 0 fully saturated rings. The Kier molecular flexibility index (Phi) is 2.89. The van der Waals surface area contributed by atoms with Crippen molar-refractivity contribution in [3.63, 3.8) is 0 Å². The number of hydrogen-bond donors (Lipinski definition) is 0. The van der Waals surface area contributed by atoms with Gasteiger partial charge in [0.2, 0.25) is 18.6 Å². The van der Waals surface area contributed by atoms with E-state index in [1.54, 1.807) is 0 Å². The van der Waals surface area contributed by atoms with Gasteiger partial charge in [-0.15, -0.1) is 10.2 Å². The number of benzene rings is 2. The molecule has 0 radical (unpaired) electrons. The first-order valence-corrected chi connectivity index (χ1v) is 7.08. The van der Waals surface area contributed by atoms with Crippen LogP contribution in [0.5, 0.6) is 11.5 Å². The van der Waals surface area contributed by atoms with Crippen molar-refractivity contribution in [2.45, 2.75) is 0 Å². The summed E-state index contributed by atoms with van der Waals surface area (Å²) in [6.45, 7) is 0.242. The van der Waals surface area contributed by atoms with E-state index in [1.807, 2.05) is 42.5 Å². The minimum absolute atomic E-state index is 0.242. The van der Waals surface area contributed by atoms with E-state index < -0.39 is 0 Å². The van der Waals surface area contributed by atoms with Gasteiger partial charge in [-0.3, -0.25) is 0 Å². The van der Waals surface area contributed by atoms with E-state index >= 15 is 0 Å². The molecule has 1 aromatic heterocycles. The minimum Gasteiger partial charge on any atom is -0.454 e. The molecule has 0 amide bonds. The number of hydrogen-bond acceptors (Lipinski definition) is 5. The van der Waals surface area contributed by atoms with Gasteiger partial charge < -0.3 is 13.9 Å². The molecule has 104 valence electrons. The van der Waals surface area contributed by atoms with Gasteiger partial charge in [0.25, 0.3) is 0 Å². The Morgan fingerprint density at radius 1 is 0.857 bits per heavy atom. The van der Waals surface area contributed by atoms with Crippen molar-refractivity contribution < 1.29 is 13.9 Å². The number of aromatic nitrogens is 2. The van der Waals surface area contributed by atoms with Crippen LogP contribution in [0.3, 0.4) is 0 Å². The van der Waals surface area contributed by atoms with Crippen LogP contribution >= 0.6 is 15.9 Å².